The van der Waals surface area contributed by atoms with E-state index in [0.717, 1.165) is 16.9 Å². The van der Waals surface area contributed by atoms with Crippen molar-refractivity contribution in [2.24, 2.45) is 0 Å². The zero-order chi connectivity index (χ0) is 24.2. The molecule has 0 saturated carbocycles. The number of halogens is 1. The fraction of sp³-hybridized carbons (Fsp3) is 0.321. The van der Waals surface area contributed by atoms with E-state index in [9.17, 15) is 9.18 Å². The first-order valence-electron chi connectivity index (χ1n) is 11.5. The first-order valence-corrected chi connectivity index (χ1v) is 11.5. The molecule has 0 N–H and O–H groups in total. The van der Waals surface area contributed by atoms with Crippen molar-refractivity contribution in [1.29, 1.82) is 0 Å². The second-order valence-corrected chi connectivity index (χ2v) is 8.68. The van der Waals surface area contributed by atoms with Crippen molar-refractivity contribution in [3.63, 3.8) is 0 Å². The molecule has 1 heterocycles. The number of hydrogen-bond acceptors (Lipinski definition) is 4. The summed E-state index contributed by atoms with van der Waals surface area (Å²) in [6.45, 7) is 4.95. The van der Waals surface area contributed by atoms with Crippen LogP contribution in [0.3, 0.4) is 0 Å². The van der Waals surface area contributed by atoms with Crippen LogP contribution in [0, 0.1) is 5.82 Å². The Morgan fingerprint density at radius 3 is 2.35 bits per heavy atom. The largest absolute Gasteiger partial charge is 0.493 e. The molecule has 0 spiro atoms. The van der Waals surface area contributed by atoms with E-state index in [1.807, 2.05) is 36.4 Å². The maximum atomic E-state index is 14.5. The molecule has 1 aliphatic heterocycles. The van der Waals surface area contributed by atoms with E-state index in [4.69, 9.17) is 14.2 Å². The van der Waals surface area contributed by atoms with Crippen molar-refractivity contribution in [2.45, 2.75) is 32.2 Å². The van der Waals surface area contributed by atoms with E-state index in [-0.39, 0.29) is 18.1 Å². The summed E-state index contributed by atoms with van der Waals surface area (Å²) < 4.78 is 31.6. The number of fused-ring (bicyclic) bond motifs is 1. The maximum Gasteiger partial charge on any atom is 0.257 e. The Bertz CT molecular complexity index is 1160. The first-order chi connectivity index (χ1) is 16.4. The van der Waals surface area contributed by atoms with Crippen molar-refractivity contribution in [2.75, 3.05) is 27.4 Å². The molecule has 1 unspecified atom stereocenters. The number of carbonyl (C=O) groups is 1. The zero-order valence-corrected chi connectivity index (χ0v) is 20.0. The van der Waals surface area contributed by atoms with Crippen molar-refractivity contribution in [3.05, 3.63) is 88.7 Å². The molecule has 0 radical (unpaired) electrons. The molecule has 34 heavy (non-hydrogen) atoms. The smallest absolute Gasteiger partial charge is 0.257 e. The number of methoxy groups -OCH3 is 2. The van der Waals surface area contributed by atoms with Crippen LogP contribution >= 0.6 is 0 Å². The molecule has 1 atom stereocenters. The normalized spacial score (nSPS) is 15.1. The summed E-state index contributed by atoms with van der Waals surface area (Å²) >= 11 is 0. The summed E-state index contributed by atoms with van der Waals surface area (Å²) in [6.07, 6.45) is 0.621. The standard InChI is InChI=1S/C28H30FNO4/c1-18(2)19-9-11-21(12-10-19)34-17-25-23-16-27(33-4)26(32-3)15-20(23)13-14-30(25)28(31)22-7-5-6-8-24(22)29/h5-12,15-16,18,25H,13-14,17H2,1-4H3. The summed E-state index contributed by atoms with van der Waals surface area (Å²) in [5, 5.41) is 0. The van der Waals surface area contributed by atoms with Gasteiger partial charge in [-0.05, 0) is 65.4 Å². The predicted molar refractivity (Wildman–Crippen MR) is 129 cm³/mol. The SMILES string of the molecule is COc1cc2c(cc1OC)C(COc1ccc(C(C)C)cc1)N(C(=O)c1ccccc1F)CC2. The van der Waals surface area contributed by atoms with Gasteiger partial charge in [0.05, 0.1) is 25.8 Å². The molecular formula is C28H30FNO4. The van der Waals surface area contributed by atoms with E-state index < -0.39 is 11.9 Å². The Labute approximate surface area is 200 Å². The average molecular weight is 464 g/mol. The topological polar surface area (TPSA) is 48.0 Å². The van der Waals surface area contributed by atoms with Gasteiger partial charge in [0.15, 0.2) is 11.5 Å². The minimum Gasteiger partial charge on any atom is -0.493 e. The lowest BCUT2D eigenvalue weighted by atomic mass is 9.91. The molecule has 6 heteroatoms. The van der Waals surface area contributed by atoms with E-state index in [1.165, 1.54) is 17.7 Å². The van der Waals surface area contributed by atoms with Crippen LogP contribution < -0.4 is 14.2 Å². The Morgan fingerprint density at radius 2 is 1.71 bits per heavy atom. The third-order valence-corrected chi connectivity index (χ3v) is 6.32. The van der Waals surface area contributed by atoms with E-state index in [0.29, 0.717) is 30.4 Å². The summed E-state index contributed by atoms with van der Waals surface area (Å²) in [7, 11) is 3.18. The van der Waals surface area contributed by atoms with Crippen molar-refractivity contribution in [1.82, 2.24) is 4.90 Å². The van der Waals surface area contributed by atoms with Crippen LogP contribution in [0.4, 0.5) is 4.39 Å². The highest BCUT2D eigenvalue weighted by atomic mass is 19.1. The van der Waals surface area contributed by atoms with Gasteiger partial charge in [0, 0.05) is 6.54 Å². The fourth-order valence-electron chi connectivity index (χ4n) is 4.36. The maximum absolute atomic E-state index is 14.5. The van der Waals surface area contributed by atoms with Gasteiger partial charge in [-0.25, -0.2) is 4.39 Å². The molecule has 1 amide bonds. The molecule has 3 aromatic carbocycles. The third-order valence-electron chi connectivity index (χ3n) is 6.32. The quantitative estimate of drug-likeness (QED) is 0.445. The average Bonchev–Trinajstić information content (AvgIpc) is 2.86. The Morgan fingerprint density at radius 1 is 1.03 bits per heavy atom. The van der Waals surface area contributed by atoms with Gasteiger partial charge in [0.25, 0.3) is 5.91 Å². The van der Waals surface area contributed by atoms with Gasteiger partial charge in [0.1, 0.15) is 18.2 Å². The van der Waals surface area contributed by atoms with Gasteiger partial charge in [-0.3, -0.25) is 4.79 Å². The molecule has 0 aliphatic carbocycles. The summed E-state index contributed by atoms with van der Waals surface area (Å²) in [4.78, 5) is 15.1. The number of amides is 1. The van der Waals surface area contributed by atoms with Gasteiger partial charge in [0.2, 0.25) is 0 Å². The highest BCUT2D eigenvalue weighted by Gasteiger charge is 2.34. The van der Waals surface area contributed by atoms with Gasteiger partial charge in [-0.1, -0.05) is 38.1 Å². The lowest BCUT2D eigenvalue weighted by molar-refractivity contribution is 0.0584. The number of ether oxygens (including phenoxy) is 3. The molecule has 178 valence electrons. The first kappa shape index (κ1) is 23.6. The van der Waals surface area contributed by atoms with Crippen LogP contribution in [0.25, 0.3) is 0 Å². The lowest BCUT2D eigenvalue weighted by Crippen LogP contribution is -2.43. The minimum atomic E-state index is -0.533. The number of hydrogen-bond donors (Lipinski definition) is 0. The zero-order valence-electron chi connectivity index (χ0n) is 20.0. The van der Waals surface area contributed by atoms with Crippen LogP contribution in [0.5, 0.6) is 17.2 Å². The molecule has 0 saturated heterocycles. The molecule has 0 fully saturated rings. The van der Waals surface area contributed by atoms with E-state index in [1.54, 1.807) is 31.3 Å². The molecular weight excluding hydrogens is 433 g/mol. The van der Waals surface area contributed by atoms with Crippen LogP contribution in [-0.2, 0) is 6.42 Å². The highest BCUT2D eigenvalue weighted by Crippen LogP contribution is 2.39. The van der Waals surface area contributed by atoms with E-state index in [2.05, 4.69) is 13.8 Å². The van der Waals surface area contributed by atoms with Crippen LogP contribution in [0.15, 0.2) is 60.7 Å². The lowest BCUT2D eigenvalue weighted by Gasteiger charge is -2.37. The molecule has 0 aromatic heterocycles. The molecule has 5 nitrogen and oxygen atoms in total. The van der Waals surface area contributed by atoms with Crippen LogP contribution in [0.2, 0.25) is 0 Å². The van der Waals surface area contributed by atoms with Crippen molar-refractivity contribution >= 4 is 5.91 Å². The Hall–Kier alpha value is -3.54. The Balaban J connectivity index is 1.69. The summed E-state index contributed by atoms with van der Waals surface area (Å²) in [5.74, 6) is 1.47. The minimum absolute atomic E-state index is 0.0534. The number of carbonyl (C=O) groups excluding carboxylic acids is 1. The van der Waals surface area contributed by atoms with Crippen LogP contribution in [0.1, 0.15) is 52.9 Å². The number of rotatable bonds is 7. The molecule has 1 aliphatic rings. The number of nitrogens with zero attached hydrogens (tertiary/aromatic N) is 1. The van der Waals surface area contributed by atoms with Crippen LogP contribution in [-0.4, -0.2) is 38.2 Å². The predicted octanol–water partition coefficient (Wildman–Crippen LogP) is 5.78. The fourth-order valence-corrected chi connectivity index (χ4v) is 4.36. The highest BCUT2D eigenvalue weighted by molar-refractivity contribution is 5.95. The van der Waals surface area contributed by atoms with E-state index >= 15 is 0 Å². The monoisotopic (exact) mass is 463 g/mol. The summed E-state index contributed by atoms with van der Waals surface area (Å²) in [5.41, 5.74) is 3.24. The summed E-state index contributed by atoms with van der Waals surface area (Å²) in [6, 6.07) is 17.5. The second-order valence-electron chi connectivity index (χ2n) is 8.68. The third kappa shape index (κ3) is 4.72. The van der Waals surface area contributed by atoms with Gasteiger partial charge in [-0.2, -0.15) is 0 Å². The van der Waals surface area contributed by atoms with Gasteiger partial charge >= 0.3 is 0 Å². The number of benzene rings is 3. The Kier molecular flexibility index (Phi) is 7.06. The van der Waals surface area contributed by atoms with Crippen molar-refractivity contribution < 1.29 is 23.4 Å². The molecule has 3 aromatic rings. The van der Waals surface area contributed by atoms with Gasteiger partial charge in [-0.15, -0.1) is 0 Å². The van der Waals surface area contributed by atoms with Gasteiger partial charge < -0.3 is 19.1 Å². The molecule has 4 rings (SSSR count). The van der Waals surface area contributed by atoms with Crippen molar-refractivity contribution in [3.8, 4) is 17.2 Å². The second kappa shape index (κ2) is 10.2. The molecule has 0 bridgehead atoms.